The monoisotopic (exact) mass is 250 g/mol. The van der Waals surface area contributed by atoms with Crippen LogP contribution in [0.1, 0.15) is 12.6 Å². The van der Waals surface area contributed by atoms with Gasteiger partial charge >= 0.3 is 0 Å². The summed E-state index contributed by atoms with van der Waals surface area (Å²) in [5.74, 6) is 0.975. The Morgan fingerprint density at radius 2 is 2.06 bits per heavy atom. The molecule has 0 aromatic carbocycles. The molecule has 0 aliphatic carbocycles. The van der Waals surface area contributed by atoms with E-state index in [0.717, 1.165) is 18.1 Å². The zero-order valence-corrected chi connectivity index (χ0v) is 11.6. The Kier molecular flexibility index (Phi) is 5.58. The second kappa shape index (κ2) is 6.96. The van der Waals surface area contributed by atoms with Gasteiger partial charge in [0, 0.05) is 27.2 Å². The second-order valence-corrected chi connectivity index (χ2v) is 4.50. The lowest BCUT2D eigenvalue weighted by atomic mass is 10.3. The van der Waals surface area contributed by atoms with Gasteiger partial charge in [-0.25, -0.2) is 4.98 Å². The number of anilines is 1. The molecule has 5 heteroatoms. The second-order valence-electron chi connectivity index (χ2n) is 4.50. The van der Waals surface area contributed by atoms with Gasteiger partial charge in [0.1, 0.15) is 5.82 Å². The summed E-state index contributed by atoms with van der Waals surface area (Å²) in [6, 6.07) is 5.89. The lowest BCUT2D eigenvalue weighted by molar-refractivity contribution is -0.129. The Morgan fingerprint density at radius 1 is 1.33 bits per heavy atom. The van der Waals surface area contributed by atoms with E-state index in [1.54, 1.807) is 19.0 Å². The maximum absolute atomic E-state index is 11.6. The number of nitrogens with one attached hydrogen (secondary N) is 1. The Bertz CT molecular complexity index is 392. The van der Waals surface area contributed by atoms with E-state index in [2.05, 4.69) is 10.3 Å². The van der Waals surface area contributed by atoms with Gasteiger partial charge in [-0.15, -0.1) is 0 Å². The van der Waals surface area contributed by atoms with Gasteiger partial charge in [-0.05, 0) is 26.1 Å². The van der Waals surface area contributed by atoms with Crippen LogP contribution in [0.4, 0.5) is 5.82 Å². The van der Waals surface area contributed by atoms with Gasteiger partial charge in [0.15, 0.2) is 0 Å². The van der Waals surface area contributed by atoms with Crippen LogP contribution < -0.4 is 5.32 Å². The van der Waals surface area contributed by atoms with Crippen LogP contribution >= 0.6 is 0 Å². The molecule has 1 rings (SSSR count). The van der Waals surface area contributed by atoms with Crippen molar-refractivity contribution in [3.05, 3.63) is 23.9 Å². The van der Waals surface area contributed by atoms with Gasteiger partial charge < -0.3 is 10.2 Å². The molecule has 0 saturated heterocycles. The fourth-order valence-corrected chi connectivity index (χ4v) is 1.55. The normalized spacial score (nSPS) is 10.5. The zero-order valence-electron chi connectivity index (χ0n) is 11.6. The maximum Gasteiger partial charge on any atom is 0.236 e. The number of rotatable bonds is 6. The molecule has 1 heterocycles. The SMILES string of the molecule is CCNc1cccc(CN(C)CC(=O)N(C)C)n1. The standard InChI is InChI=1S/C13H22N4O/c1-5-14-12-8-6-7-11(15-12)9-17(4)10-13(18)16(2)3/h6-8H,5,9-10H2,1-4H3,(H,14,15). The van der Waals surface area contributed by atoms with Crippen LogP contribution in [0, 0.1) is 0 Å². The highest BCUT2D eigenvalue weighted by atomic mass is 16.2. The van der Waals surface area contributed by atoms with Crippen molar-refractivity contribution in [2.75, 3.05) is 39.5 Å². The van der Waals surface area contributed by atoms with Crippen LogP contribution in [0.3, 0.4) is 0 Å². The lowest BCUT2D eigenvalue weighted by Gasteiger charge is -2.18. The molecule has 0 saturated carbocycles. The van der Waals surface area contributed by atoms with Gasteiger partial charge in [-0.3, -0.25) is 9.69 Å². The fraction of sp³-hybridized carbons (Fsp3) is 0.538. The van der Waals surface area contributed by atoms with Crippen molar-refractivity contribution in [1.29, 1.82) is 0 Å². The number of hydrogen-bond acceptors (Lipinski definition) is 4. The quantitative estimate of drug-likeness (QED) is 0.819. The summed E-state index contributed by atoms with van der Waals surface area (Å²) in [6.45, 7) is 3.96. The third-order valence-electron chi connectivity index (χ3n) is 2.50. The zero-order chi connectivity index (χ0) is 13.5. The molecule has 0 bridgehead atoms. The van der Waals surface area contributed by atoms with Crippen molar-refractivity contribution in [3.8, 4) is 0 Å². The topological polar surface area (TPSA) is 48.5 Å². The third kappa shape index (κ3) is 4.71. The molecule has 0 spiro atoms. The molecule has 0 fully saturated rings. The average molecular weight is 250 g/mol. The van der Waals surface area contributed by atoms with Crippen LogP contribution in [0.5, 0.6) is 0 Å². The Balaban J connectivity index is 2.55. The first-order valence-electron chi connectivity index (χ1n) is 6.11. The highest BCUT2D eigenvalue weighted by Gasteiger charge is 2.09. The van der Waals surface area contributed by atoms with E-state index in [-0.39, 0.29) is 5.91 Å². The third-order valence-corrected chi connectivity index (χ3v) is 2.50. The minimum Gasteiger partial charge on any atom is -0.370 e. The molecule has 1 amide bonds. The smallest absolute Gasteiger partial charge is 0.236 e. The van der Waals surface area contributed by atoms with E-state index in [1.807, 2.05) is 37.1 Å². The summed E-state index contributed by atoms with van der Waals surface area (Å²) in [6.07, 6.45) is 0. The average Bonchev–Trinajstić information content (AvgIpc) is 2.29. The number of aromatic nitrogens is 1. The summed E-state index contributed by atoms with van der Waals surface area (Å²) in [5.41, 5.74) is 0.961. The molecule has 0 aliphatic rings. The summed E-state index contributed by atoms with van der Waals surface area (Å²) in [5, 5.41) is 3.18. The fourth-order valence-electron chi connectivity index (χ4n) is 1.55. The Labute approximate surface area is 109 Å². The van der Waals surface area contributed by atoms with Gasteiger partial charge in [0.2, 0.25) is 5.91 Å². The number of likely N-dealkylation sites (N-methyl/N-ethyl adjacent to an activating group) is 2. The van der Waals surface area contributed by atoms with Crippen molar-refractivity contribution in [3.63, 3.8) is 0 Å². The van der Waals surface area contributed by atoms with Gasteiger partial charge in [0.05, 0.1) is 12.2 Å². The van der Waals surface area contributed by atoms with E-state index in [4.69, 9.17) is 0 Å². The molecule has 0 atom stereocenters. The van der Waals surface area contributed by atoms with Crippen molar-refractivity contribution < 1.29 is 4.79 Å². The van der Waals surface area contributed by atoms with Crippen molar-refractivity contribution >= 4 is 11.7 Å². The summed E-state index contributed by atoms with van der Waals surface area (Å²) in [7, 11) is 5.45. The predicted octanol–water partition coefficient (Wildman–Crippen LogP) is 1.03. The summed E-state index contributed by atoms with van der Waals surface area (Å²) in [4.78, 5) is 19.6. The first-order valence-corrected chi connectivity index (χ1v) is 6.11. The molecule has 100 valence electrons. The number of nitrogens with zero attached hydrogens (tertiary/aromatic N) is 3. The van der Waals surface area contributed by atoms with Crippen LogP contribution in [0.25, 0.3) is 0 Å². The van der Waals surface area contributed by atoms with E-state index >= 15 is 0 Å². The molecular formula is C13H22N4O. The number of hydrogen-bond donors (Lipinski definition) is 1. The predicted molar refractivity (Wildman–Crippen MR) is 73.4 cm³/mol. The molecule has 0 radical (unpaired) electrons. The molecular weight excluding hydrogens is 228 g/mol. The highest BCUT2D eigenvalue weighted by molar-refractivity contribution is 5.77. The lowest BCUT2D eigenvalue weighted by Crippen LogP contribution is -2.34. The number of amides is 1. The van der Waals surface area contributed by atoms with Gasteiger partial charge in [-0.1, -0.05) is 6.07 Å². The van der Waals surface area contributed by atoms with E-state index in [1.165, 1.54) is 0 Å². The minimum absolute atomic E-state index is 0.0975. The molecule has 0 aliphatic heterocycles. The van der Waals surface area contributed by atoms with Crippen LogP contribution in [0.2, 0.25) is 0 Å². The molecule has 1 N–H and O–H groups in total. The van der Waals surface area contributed by atoms with E-state index in [0.29, 0.717) is 13.1 Å². The number of carbonyl (C=O) groups excluding carboxylic acids is 1. The van der Waals surface area contributed by atoms with Crippen molar-refractivity contribution in [2.24, 2.45) is 0 Å². The highest BCUT2D eigenvalue weighted by Crippen LogP contribution is 2.06. The van der Waals surface area contributed by atoms with Crippen LogP contribution in [-0.4, -0.2) is 54.9 Å². The molecule has 18 heavy (non-hydrogen) atoms. The van der Waals surface area contributed by atoms with E-state index < -0.39 is 0 Å². The summed E-state index contributed by atoms with van der Waals surface area (Å²) >= 11 is 0. The molecule has 5 nitrogen and oxygen atoms in total. The number of pyridine rings is 1. The Morgan fingerprint density at radius 3 is 2.67 bits per heavy atom. The minimum atomic E-state index is 0.0975. The largest absolute Gasteiger partial charge is 0.370 e. The Hall–Kier alpha value is -1.62. The van der Waals surface area contributed by atoms with Crippen LogP contribution in [-0.2, 0) is 11.3 Å². The van der Waals surface area contributed by atoms with Crippen LogP contribution in [0.15, 0.2) is 18.2 Å². The number of carbonyl (C=O) groups is 1. The van der Waals surface area contributed by atoms with Crippen molar-refractivity contribution in [1.82, 2.24) is 14.8 Å². The van der Waals surface area contributed by atoms with E-state index in [9.17, 15) is 4.79 Å². The van der Waals surface area contributed by atoms with Gasteiger partial charge in [0.25, 0.3) is 0 Å². The maximum atomic E-state index is 11.6. The first kappa shape index (κ1) is 14.4. The van der Waals surface area contributed by atoms with Crippen molar-refractivity contribution in [2.45, 2.75) is 13.5 Å². The molecule has 1 aromatic heterocycles. The first-order chi connectivity index (χ1) is 8.52. The van der Waals surface area contributed by atoms with Gasteiger partial charge in [-0.2, -0.15) is 0 Å². The summed E-state index contributed by atoms with van der Waals surface area (Å²) < 4.78 is 0. The molecule has 1 aromatic rings. The molecule has 0 unspecified atom stereocenters.